The van der Waals surface area contributed by atoms with Crippen molar-refractivity contribution >= 4 is 69.7 Å². The third kappa shape index (κ3) is 11.8. The third-order valence-corrected chi connectivity index (χ3v) is 14.7. The lowest BCUT2D eigenvalue weighted by Gasteiger charge is -2.32. The highest BCUT2D eigenvalue weighted by atomic mass is 35.5. The molecule has 3 aliphatic rings. The van der Waals surface area contributed by atoms with E-state index in [9.17, 15) is 28.9 Å². The summed E-state index contributed by atoms with van der Waals surface area (Å²) in [6.45, 7) is 9.60. The Kier molecular flexibility index (Phi) is 16.8. The molecule has 8 aromatic rings. The fourth-order valence-electron chi connectivity index (χ4n) is 9.31. The minimum atomic E-state index is -0.904. The number of nitrogens with zero attached hydrogens (tertiary/aromatic N) is 12. The van der Waals surface area contributed by atoms with Gasteiger partial charge in [0.05, 0.1) is 64.2 Å². The second-order valence-corrected chi connectivity index (χ2v) is 21.3. The number of hydrogen-bond acceptors (Lipinski definition) is 18. The standard InChI is InChI=1S/C26H23FN6O3.C16H21BFN3O2.C16H14ClN3O3/c1-32(2)26(34)15-10-22(35-3)24(30-13-15)23-11-19-25(36-23)17(6-8-29-19)18-4-5-21(20(12-28)31-18)33-9-7-16(27)14-33;1-15(2)16(3,4)23-17(22-15)14-6-5-13(12(9-19)20-14)21-8-7-11(18)10-21;1-20(2)16(21)9-6-12(22-3)14(19-8-9)13-7-11-15(23-13)10(17)4-5-18-11/h4-6,8,10-11,13,16H,7,9,14H2,1-3H3;5-6,11H,7-8,10H2,1-4H3;4-8H,1-3H3. The van der Waals surface area contributed by atoms with E-state index in [0.29, 0.717) is 133 Å². The van der Waals surface area contributed by atoms with Crippen LogP contribution in [0.3, 0.4) is 0 Å². The average molecular weight is 1140 g/mol. The molecule has 0 saturated carbocycles. The normalized spacial score (nSPS) is 16.9. The summed E-state index contributed by atoms with van der Waals surface area (Å²) in [5.74, 6) is 1.36. The van der Waals surface area contributed by atoms with Gasteiger partial charge in [-0.3, -0.25) is 19.6 Å². The van der Waals surface area contributed by atoms with Crippen LogP contribution in [0.15, 0.2) is 94.3 Å². The molecule has 2 atom stereocenters. The number of ether oxygens (including phenoxy) is 2. The van der Waals surface area contributed by atoms with Gasteiger partial charge in [-0.15, -0.1) is 0 Å². The van der Waals surface area contributed by atoms with Crippen LogP contribution in [-0.4, -0.2) is 151 Å². The smallest absolute Gasteiger partial charge is 0.494 e. The lowest BCUT2D eigenvalue weighted by molar-refractivity contribution is 0.00578. The van der Waals surface area contributed by atoms with E-state index in [1.165, 1.54) is 36.4 Å². The van der Waals surface area contributed by atoms with Gasteiger partial charge in [-0.05, 0) is 89.1 Å². The first kappa shape index (κ1) is 57.9. The topological polar surface area (TPSA) is 235 Å². The van der Waals surface area contributed by atoms with E-state index in [1.54, 1.807) is 95.2 Å². The maximum atomic E-state index is 13.7. The molecule has 2 unspecified atom stereocenters. The van der Waals surface area contributed by atoms with Crippen molar-refractivity contribution in [1.29, 1.82) is 10.5 Å². The fourth-order valence-corrected chi connectivity index (χ4v) is 9.50. The number of alkyl halides is 2. The van der Waals surface area contributed by atoms with Crippen molar-refractivity contribution in [1.82, 2.24) is 39.7 Å². The van der Waals surface area contributed by atoms with Crippen LogP contribution in [0.2, 0.25) is 5.02 Å². The number of carbonyl (C=O) groups is 2. The van der Waals surface area contributed by atoms with E-state index >= 15 is 0 Å². The summed E-state index contributed by atoms with van der Waals surface area (Å²) in [7, 11) is 9.08. The van der Waals surface area contributed by atoms with Crippen LogP contribution < -0.4 is 24.9 Å². The van der Waals surface area contributed by atoms with Crippen LogP contribution in [0.5, 0.6) is 11.5 Å². The van der Waals surface area contributed by atoms with Crippen molar-refractivity contribution in [3.8, 4) is 57.8 Å². The number of fused-ring (bicyclic) bond motifs is 2. The predicted molar refractivity (Wildman–Crippen MR) is 305 cm³/mol. The highest BCUT2D eigenvalue weighted by Crippen LogP contribution is 2.40. The Balaban J connectivity index is 0.000000155. The van der Waals surface area contributed by atoms with E-state index in [-0.39, 0.29) is 29.7 Å². The molecule has 0 radical (unpaired) electrons. The van der Waals surface area contributed by atoms with Crippen molar-refractivity contribution in [3.05, 3.63) is 113 Å². The Morgan fingerprint density at radius 1 is 0.683 bits per heavy atom. The quantitative estimate of drug-likeness (QED) is 0.116. The lowest BCUT2D eigenvalue weighted by atomic mass is 9.84. The molecular formula is C58H58BClF2N12O8. The van der Waals surface area contributed by atoms with Gasteiger partial charge in [0.25, 0.3) is 11.8 Å². The molecule has 0 aliphatic carbocycles. The summed E-state index contributed by atoms with van der Waals surface area (Å²) in [4.78, 5) is 57.3. The molecule has 11 heterocycles. The van der Waals surface area contributed by atoms with E-state index in [1.807, 2.05) is 43.6 Å². The van der Waals surface area contributed by atoms with E-state index < -0.39 is 30.7 Å². The maximum Gasteiger partial charge on any atom is 0.514 e. The summed E-state index contributed by atoms with van der Waals surface area (Å²) in [5.41, 5.74) is 6.53. The van der Waals surface area contributed by atoms with Gasteiger partial charge in [-0.1, -0.05) is 11.6 Å². The molecule has 0 bridgehead atoms. The summed E-state index contributed by atoms with van der Waals surface area (Å²) < 4.78 is 61.8. The average Bonchev–Trinajstić information content (AvgIpc) is 3.93. The van der Waals surface area contributed by atoms with Crippen LogP contribution >= 0.6 is 11.6 Å². The highest BCUT2D eigenvalue weighted by Gasteiger charge is 2.52. The number of hydrogen-bond donors (Lipinski definition) is 0. The van der Waals surface area contributed by atoms with Crippen LogP contribution in [0.4, 0.5) is 20.2 Å². The number of nitriles is 2. The zero-order chi connectivity index (χ0) is 58.8. The molecule has 3 aliphatic heterocycles. The SMILES string of the molecule is CC1(C)OB(c2ccc(N3CCC(F)C3)c(C#N)n2)OC1(C)C.COc1cc(C(=O)N(C)C)cnc1-c1cc2nccc(-c3ccc(N4CCC(F)C4)c(C#N)n3)c2o1.COc1cc(C(=O)N(C)C)cnc1-c1cc2nccc(Cl)c2o1. The van der Waals surface area contributed by atoms with E-state index in [0.717, 1.165) is 0 Å². The molecule has 82 heavy (non-hydrogen) atoms. The van der Waals surface area contributed by atoms with Crippen molar-refractivity contribution in [3.63, 3.8) is 0 Å². The van der Waals surface area contributed by atoms with Gasteiger partial charge < -0.3 is 47.2 Å². The van der Waals surface area contributed by atoms with Crippen LogP contribution in [0.1, 0.15) is 72.6 Å². The molecule has 0 N–H and O–H groups in total. The molecule has 3 saturated heterocycles. The fraction of sp³-hybridized carbons (Fsp3) is 0.345. The Hall–Kier alpha value is -8.77. The lowest BCUT2D eigenvalue weighted by Crippen LogP contribution is -2.41. The van der Waals surface area contributed by atoms with E-state index in [4.69, 9.17) is 39.2 Å². The first-order valence-corrected chi connectivity index (χ1v) is 26.4. The number of methoxy groups -OCH3 is 2. The molecule has 20 nitrogen and oxygen atoms in total. The summed E-state index contributed by atoms with van der Waals surface area (Å²) >= 11 is 6.10. The number of aromatic nitrogens is 6. The van der Waals surface area contributed by atoms with Crippen molar-refractivity contribution in [2.45, 2.75) is 64.1 Å². The second kappa shape index (κ2) is 23.7. The number of amides is 2. The predicted octanol–water partition coefficient (Wildman–Crippen LogP) is 9.14. The Labute approximate surface area is 477 Å². The van der Waals surface area contributed by atoms with Crippen LogP contribution in [0.25, 0.3) is 56.4 Å². The van der Waals surface area contributed by atoms with Crippen molar-refractivity contribution in [2.75, 3.05) is 78.4 Å². The number of carbonyl (C=O) groups excluding carboxylic acids is 2. The largest absolute Gasteiger partial charge is 0.514 e. The summed E-state index contributed by atoms with van der Waals surface area (Å²) in [6.07, 6.45) is 5.38. The van der Waals surface area contributed by atoms with Gasteiger partial charge in [0.1, 0.15) is 58.4 Å². The molecule has 8 aromatic heterocycles. The molecule has 11 rings (SSSR count). The van der Waals surface area contributed by atoms with Gasteiger partial charge in [0.15, 0.2) is 34.1 Å². The number of rotatable bonds is 10. The zero-order valence-electron chi connectivity index (χ0n) is 46.8. The van der Waals surface area contributed by atoms with Gasteiger partial charge >= 0.3 is 7.12 Å². The summed E-state index contributed by atoms with van der Waals surface area (Å²) in [6, 6.07) is 21.6. The maximum absolute atomic E-state index is 13.7. The van der Waals surface area contributed by atoms with Crippen molar-refractivity contribution < 1.29 is 46.0 Å². The number of furan rings is 2. The van der Waals surface area contributed by atoms with E-state index in [2.05, 4.69) is 42.0 Å². The summed E-state index contributed by atoms with van der Waals surface area (Å²) in [5, 5.41) is 19.6. The minimum Gasteiger partial charge on any atom is -0.494 e. The number of pyridine rings is 6. The van der Waals surface area contributed by atoms with Gasteiger partial charge in [0.2, 0.25) is 0 Å². The zero-order valence-corrected chi connectivity index (χ0v) is 47.6. The molecule has 2 amide bonds. The van der Waals surface area contributed by atoms with Crippen molar-refractivity contribution in [2.24, 2.45) is 0 Å². The monoisotopic (exact) mass is 1130 g/mol. The Morgan fingerprint density at radius 2 is 1.16 bits per heavy atom. The third-order valence-electron chi connectivity index (χ3n) is 14.4. The highest BCUT2D eigenvalue weighted by molar-refractivity contribution is 6.61. The van der Waals surface area contributed by atoms with Gasteiger partial charge in [-0.2, -0.15) is 10.5 Å². The second-order valence-electron chi connectivity index (χ2n) is 20.9. The Morgan fingerprint density at radius 3 is 1.62 bits per heavy atom. The molecule has 0 spiro atoms. The molecule has 24 heteroatoms. The minimum absolute atomic E-state index is 0.156. The molecule has 422 valence electrons. The van der Waals surface area contributed by atoms with Crippen LogP contribution in [0, 0.1) is 22.7 Å². The van der Waals surface area contributed by atoms with Gasteiger partial charge in [0, 0.05) is 96.9 Å². The molecule has 3 fully saturated rings. The first-order valence-electron chi connectivity index (χ1n) is 26.0. The Bertz CT molecular complexity index is 3790. The van der Waals surface area contributed by atoms with Gasteiger partial charge in [-0.25, -0.2) is 28.7 Å². The first-order chi connectivity index (χ1) is 39.1. The number of anilines is 2. The van der Waals surface area contributed by atoms with Crippen LogP contribution in [-0.2, 0) is 9.31 Å². The number of halogens is 3. The molecular weight excluding hydrogens is 1080 g/mol. The molecule has 0 aromatic carbocycles.